The summed E-state index contributed by atoms with van der Waals surface area (Å²) in [7, 11) is -4.05. The van der Waals surface area contributed by atoms with Crippen LogP contribution in [0.5, 0.6) is 0 Å². The van der Waals surface area contributed by atoms with Crippen LogP contribution in [0, 0.1) is 17.0 Å². The Balaban J connectivity index is 2.09. The summed E-state index contributed by atoms with van der Waals surface area (Å²) < 4.78 is 27.6. The Labute approximate surface area is 248 Å². The molecule has 0 aromatic heterocycles. The smallest absolute Gasteiger partial charge is 0.271 e. The second-order valence-electron chi connectivity index (χ2n) is 9.64. The van der Waals surface area contributed by atoms with E-state index in [-0.39, 0.29) is 30.2 Å². The van der Waals surface area contributed by atoms with Gasteiger partial charge in [-0.15, -0.1) is 0 Å². The monoisotopic (exact) mass is 644 g/mol. The van der Waals surface area contributed by atoms with Crippen molar-refractivity contribution >= 4 is 49.1 Å². The minimum Gasteiger partial charge on any atom is -0.354 e. The number of halogens is 1. The van der Waals surface area contributed by atoms with Gasteiger partial charge in [-0.05, 0) is 42.2 Å². The molecule has 1 atom stereocenters. The van der Waals surface area contributed by atoms with Gasteiger partial charge in [0, 0.05) is 36.1 Å². The third kappa shape index (κ3) is 8.86. The van der Waals surface area contributed by atoms with Gasteiger partial charge in [0.05, 0.1) is 16.9 Å². The summed E-state index contributed by atoms with van der Waals surface area (Å²) in [6.45, 7) is 3.32. The van der Waals surface area contributed by atoms with E-state index in [9.17, 15) is 28.1 Å². The first-order valence-electron chi connectivity index (χ1n) is 13.0. The quantitative estimate of drug-likeness (QED) is 0.214. The molecule has 3 rings (SSSR count). The van der Waals surface area contributed by atoms with E-state index in [1.54, 1.807) is 6.92 Å². The average molecular weight is 646 g/mol. The van der Waals surface area contributed by atoms with Crippen LogP contribution < -0.4 is 9.62 Å². The number of hydrogen-bond donors (Lipinski definition) is 1. The molecule has 1 N–H and O–H groups in total. The van der Waals surface area contributed by atoms with Crippen molar-refractivity contribution in [1.82, 2.24) is 10.2 Å². The van der Waals surface area contributed by atoms with Crippen LogP contribution >= 0.6 is 15.9 Å². The largest absolute Gasteiger partial charge is 0.354 e. The zero-order valence-electron chi connectivity index (χ0n) is 23.1. The van der Waals surface area contributed by atoms with E-state index in [2.05, 4.69) is 21.2 Å². The second kappa shape index (κ2) is 14.2. The molecule has 10 nitrogen and oxygen atoms in total. The first-order valence-corrected chi connectivity index (χ1v) is 15.6. The molecular weight excluding hydrogens is 612 g/mol. The van der Waals surface area contributed by atoms with E-state index < -0.39 is 33.4 Å². The molecule has 2 amide bonds. The van der Waals surface area contributed by atoms with Crippen LogP contribution in [0.25, 0.3) is 0 Å². The molecule has 0 saturated carbocycles. The first kappa shape index (κ1) is 31.8. The Kier molecular flexibility index (Phi) is 11.0. The average Bonchev–Trinajstić information content (AvgIpc) is 2.93. The van der Waals surface area contributed by atoms with Gasteiger partial charge in [-0.1, -0.05) is 71.4 Å². The topological polar surface area (TPSA) is 130 Å². The van der Waals surface area contributed by atoms with E-state index in [4.69, 9.17) is 0 Å². The zero-order valence-corrected chi connectivity index (χ0v) is 25.5. The first-order chi connectivity index (χ1) is 19.4. The Bertz CT molecular complexity index is 1480. The van der Waals surface area contributed by atoms with E-state index >= 15 is 0 Å². The standard InChI is InChI=1S/C29H33BrN4O6S/c1-4-16-31-29(36)27(17-22-8-6-5-7-9-22)32(19-23-11-13-24(30)14-12-23)28(35)20-33(41(3,39)40)26-18-25(34(37)38)15-10-21(26)2/h5-15,18,27H,4,16-17,19-20H2,1-3H3,(H,31,36)/t27-/m0/s1. The van der Waals surface area contributed by atoms with Crippen molar-refractivity contribution in [3.63, 3.8) is 0 Å². The van der Waals surface area contributed by atoms with Gasteiger partial charge in [-0.3, -0.25) is 24.0 Å². The molecule has 0 aliphatic carbocycles. The lowest BCUT2D eigenvalue weighted by atomic mass is 10.0. The van der Waals surface area contributed by atoms with E-state index in [1.165, 1.54) is 17.0 Å². The number of anilines is 1. The lowest BCUT2D eigenvalue weighted by Crippen LogP contribution is -2.53. The van der Waals surface area contributed by atoms with Crippen molar-refractivity contribution in [2.45, 2.75) is 39.3 Å². The zero-order chi connectivity index (χ0) is 30.2. The molecule has 0 unspecified atom stereocenters. The third-order valence-corrected chi connectivity index (χ3v) is 8.09. The van der Waals surface area contributed by atoms with Crippen LogP contribution in [0.2, 0.25) is 0 Å². The molecule has 0 radical (unpaired) electrons. The second-order valence-corrected chi connectivity index (χ2v) is 12.5. The van der Waals surface area contributed by atoms with Crippen LogP contribution in [0.3, 0.4) is 0 Å². The van der Waals surface area contributed by atoms with Crippen LogP contribution in [0.1, 0.15) is 30.0 Å². The molecule has 0 fully saturated rings. The Morgan fingerprint density at radius 2 is 1.68 bits per heavy atom. The number of nitrogens with one attached hydrogen (secondary N) is 1. The predicted octanol–water partition coefficient (Wildman–Crippen LogP) is 4.60. The number of hydrogen-bond acceptors (Lipinski definition) is 6. The van der Waals surface area contributed by atoms with Crippen LogP contribution in [-0.2, 0) is 32.6 Å². The molecule has 0 spiro atoms. The number of non-ortho nitro benzene ring substituents is 1. The summed E-state index contributed by atoms with van der Waals surface area (Å²) >= 11 is 3.40. The molecule has 0 saturated heterocycles. The number of carbonyl (C=O) groups excluding carboxylic acids is 2. The fraction of sp³-hybridized carbons (Fsp3) is 0.310. The highest BCUT2D eigenvalue weighted by atomic mass is 79.9. The number of nitro benzene ring substituents is 1. The van der Waals surface area contributed by atoms with Crippen molar-refractivity contribution in [3.05, 3.63) is 104 Å². The normalized spacial score (nSPS) is 11.9. The maximum atomic E-state index is 14.1. The predicted molar refractivity (Wildman–Crippen MR) is 162 cm³/mol. The van der Waals surface area contributed by atoms with Crippen molar-refractivity contribution in [2.75, 3.05) is 23.7 Å². The number of sulfonamides is 1. The van der Waals surface area contributed by atoms with Gasteiger partial charge in [-0.2, -0.15) is 0 Å². The number of rotatable bonds is 13. The van der Waals surface area contributed by atoms with Gasteiger partial charge in [0.15, 0.2) is 0 Å². The van der Waals surface area contributed by atoms with Gasteiger partial charge >= 0.3 is 0 Å². The highest BCUT2D eigenvalue weighted by Gasteiger charge is 2.33. The van der Waals surface area contributed by atoms with Crippen molar-refractivity contribution in [1.29, 1.82) is 0 Å². The summed E-state index contributed by atoms with van der Waals surface area (Å²) in [5.41, 5.74) is 1.72. The number of benzene rings is 3. The van der Waals surface area contributed by atoms with Gasteiger partial charge in [0.1, 0.15) is 12.6 Å². The van der Waals surface area contributed by atoms with Crippen LogP contribution in [0.15, 0.2) is 77.3 Å². The molecule has 41 heavy (non-hydrogen) atoms. The van der Waals surface area contributed by atoms with Crippen molar-refractivity contribution in [2.24, 2.45) is 0 Å². The summed E-state index contributed by atoms with van der Waals surface area (Å²) in [6, 6.07) is 19.4. The molecule has 0 bridgehead atoms. The number of nitro groups is 1. The number of amides is 2. The van der Waals surface area contributed by atoms with E-state index in [0.29, 0.717) is 18.5 Å². The highest BCUT2D eigenvalue weighted by molar-refractivity contribution is 9.10. The van der Waals surface area contributed by atoms with Gasteiger partial charge < -0.3 is 10.2 Å². The number of aryl methyl sites for hydroxylation is 1. The molecule has 3 aromatic carbocycles. The SMILES string of the molecule is CCCNC(=O)[C@H](Cc1ccccc1)N(Cc1ccc(Br)cc1)C(=O)CN(c1cc([N+](=O)[O-])ccc1C)S(C)(=O)=O. The Hall–Kier alpha value is -3.77. The number of nitrogens with zero attached hydrogens (tertiary/aromatic N) is 3. The summed E-state index contributed by atoms with van der Waals surface area (Å²) in [6.07, 6.45) is 1.83. The fourth-order valence-electron chi connectivity index (χ4n) is 4.28. The van der Waals surface area contributed by atoms with Gasteiger partial charge in [0.2, 0.25) is 21.8 Å². The van der Waals surface area contributed by atoms with Gasteiger partial charge in [0.25, 0.3) is 5.69 Å². The van der Waals surface area contributed by atoms with Crippen LogP contribution in [0.4, 0.5) is 11.4 Å². The van der Waals surface area contributed by atoms with Crippen molar-refractivity contribution in [3.8, 4) is 0 Å². The van der Waals surface area contributed by atoms with Gasteiger partial charge in [-0.25, -0.2) is 8.42 Å². The minimum absolute atomic E-state index is 0.0219. The number of carbonyl (C=O) groups is 2. The lowest BCUT2D eigenvalue weighted by molar-refractivity contribution is -0.384. The highest BCUT2D eigenvalue weighted by Crippen LogP contribution is 2.28. The third-order valence-electron chi connectivity index (χ3n) is 6.44. The molecule has 218 valence electrons. The summed E-state index contributed by atoms with van der Waals surface area (Å²) in [5, 5.41) is 14.3. The van der Waals surface area contributed by atoms with Crippen molar-refractivity contribution < 1.29 is 22.9 Å². The molecular formula is C29H33BrN4O6S. The Morgan fingerprint density at radius 1 is 1.02 bits per heavy atom. The summed E-state index contributed by atoms with van der Waals surface area (Å²) in [4.78, 5) is 39.8. The minimum atomic E-state index is -4.05. The molecule has 0 aliphatic rings. The molecule has 0 aliphatic heterocycles. The van der Waals surface area contributed by atoms with E-state index in [1.807, 2.05) is 61.5 Å². The molecule has 12 heteroatoms. The van der Waals surface area contributed by atoms with E-state index in [0.717, 1.165) is 32.2 Å². The van der Waals surface area contributed by atoms with Crippen LogP contribution in [-0.4, -0.2) is 55.4 Å². The summed E-state index contributed by atoms with van der Waals surface area (Å²) in [5.74, 6) is -0.990. The molecule has 3 aromatic rings. The fourth-order valence-corrected chi connectivity index (χ4v) is 5.44. The lowest BCUT2D eigenvalue weighted by Gasteiger charge is -2.33. The maximum Gasteiger partial charge on any atom is 0.271 e. The Morgan fingerprint density at radius 3 is 2.27 bits per heavy atom. The molecule has 0 heterocycles. The maximum absolute atomic E-state index is 14.1.